The van der Waals surface area contributed by atoms with Crippen molar-refractivity contribution in [2.24, 2.45) is 5.92 Å². The first kappa shape index (κ1) is 17.3. The maximum atomic E-state index is 6.17. The van der Waals surface area contributed by atoms with Gasteiger partial charge in [0, 0.05) is 5.02 Å². The molecule has 3 heteroatoms. The summed E-state index contributed by atoms with van der Waals surface area (Å²) < 4.78 is 5.97. The van der Waals surface area contributed by atoms with E-state index in [1.54, 1.807) is 0 Å². The molecule has 1 N–H and O–H groups in total. The van der Waals surface area contributed by atoms with Gasteiger partial charge in [0.05, 0.1) is 6.10 Å². The zero-order valence-corrected chi connectivity index (χ0v) is 14.2. The van der Waals surface area contributed by atoms with Crippen LogP contribution in [0.5, 0.6) is 5.75 Å². The van der Waals surface area contributed by atoms with Crippen molar-refractivity contribution in [3.63, 3.8) is 0 Å². The maximum Gasteiger partial charge on any atom is 0.120 e. The van der Waals surface area contributed by atoms with Crippen molar-refractivity contribution >= 4 is 11.6 Å². The predicted molar refractivity (Wildman–Crippen MR) is 88.0 cm³/mol. The number of aryl methyl sites for hydroxylation is 2. The number of halogens is 1. The lowest BCUT2D eigenvalue weighted by Gasteiger charge is -2.16. The van der Waals surface area contributed by atoms with E-state index in [4.69, 9.17) is 16.3 Å². The Hall–Kier alpha value is -0.730. The summed E-state index contributed by atoms with van der Waals surface area (Å²) in [6, 6.07) is 4.03. The number of hydrogen-bond donors (Lipinski definition) is 1. The molecule has 1 aromatic rings. The molecule has 0 aliphatic rings. The number of nitrogens with one attached hydrogen (secondary N) is 1. The second kappa shape index (κ2) is 8.53. The van der Waals surface area contributed by atoms with Gasteiger partial charge in [-0.25, -0.2) is 0 Å². The molecule has 0 aliphatic carbocycles. The van der Waals surface area contributed by atoms with Crippen LogP contribution in [0.2, 0.25) is 5.02 Å². The van der Waals surface area contributed by atoms with Crippen LogP contribution >= 0.6 is 11.6 Å². The monoisotopic (exact) mass is 297 g/mol. The smallest absolute Gasteiger partial charge is 0.120 e. The molecule has 2 nitrogen and oxygen atoms in total. The van der Waals surface area contributed by atoms with Gasteiger partial charge in [-0.3, -0.25) is 0 Å². The average molecular weight is 298 g/mol. The fourth-order valence-corrected chi connectivity index (χ4v) is 2.28. The molecule has 1 atom stereocenters. The van der Waals surface area contributed by atoms with E-state index in [-0.39, 0.29) is 6.10 Å². The summed E-state index contributed by atoms with van der Waals surface area (Å²) in [7, 11) is 0. The van der Waals surface area contributed by atoms with Crippen LogP contribution in [0.25, 0.3) is 0 Å². The van der Waals surface area contributed by atoms with Crippen molar-refractivity contribution in [2.75, 3.05) is 13.1 Å². The van der Waals surface area contributed by atoms with E-state index in [2.05, 4.69) is 26.1 Å². The van der Waals surface area contributed by atoms with Crippen LogP contribution in [0.1, 0.15) is 44.7 Å². The van der Waals surface area contributed by atoms with E-state index in [0.717, 1.165) is 47.8 Å². The van der Waals surface area contributed by atoms with Gasteiger partial charge in [0.2, 0.25) is 0 Å². The fraction of sp³-hybridized carbons (Fsp3) is 0.647. The minimum Gasteiger partial charge on any atom is -0.491 e. The molecular weight excluding hydrogens is 270 g/mol. The van der Waals surface area contributed by atoms with Crippen molar-refractivity contribution in [2.45, 2.75) is 53.6 Å². The first-order valence-electron chi connectivity index (χ1n) is 7.54. The number of hydrogen-bond acceptors (Lipinski definition) is 2. The molecule has 0 bridgehead atoms. The van der Waals surface area contributed by atoms with Crippen LogP contribution < -0.4 is 10.1 Å². The number of ether oxygens (including phenoxy) is 1. The third-order valence-corrected chi connectivity index (χ3v) is 3.86. The van der Waals surface area contributed by atoms with Crippen LogP contribution in [-0.2, 0) is 0 Å². The van der Waals surface area contributed by atoms with E-state index in [1.165, 1.54) is 0 Å². The molecular formula is C17H28ClNO. The van der Waals surface area contributed by atoms with E-state index in [0.29, 0.717) is 5.92 Å². The van der Waals surface area contributed by atoms with Crippen molar-refractivity contribution in [1.82, 2.24) is 5.32 Å². The Morgan fingerprint density at radius 3 is 2.30 bits per heavy atom. The van der Waals surface area contributed by atoms with Gasteiger partial charge >= 0.3 is 0 Å². The van der Waals surface area contributed by atoms with Crippen molar-refractivity contribution in [3.8, 4) is 5.75 Å². The Labute approximate surface area is 128 Å². The van der Waals surface area contributed by atoms with Crippen LogP contribution in [0.3, 0.4) is 0 Å². The second-order valence-electron chi connectivity index (χ2n) is 6.04. The van der Waals surface area contributed by atoms with Gasteiger partial charge in [-0.05, 0) is 75.9 Å². The minimum atomic E-state index is 0.232. The van der Waals surface area contributed by atoms with Gasteiger partial charge < -0.3 is 10.1 Å². The van der Waals surface area contributed by atoms with Gasteiger partial charge in [-0.15, -0.1) is 0 Å². The van der Waals surface area contributed by atoms with Crippen LogP contribution in [-0.4, -0.2) is 19.2 Å². The molecule has 114 valence electrons. The lowest BCUT2D eigenvalue weighted by molar-refractivity contribution is 0.207. The molecule has 0 fully saturated rings. The van der Waals surface area contributed by atoms with Gasteiger partial charge in [-0.2, -0.15) is 0 Å². The van der Waals surface area contributed by atoms with Crippen LogP contribution in [0, 0.1) is 19.8 Å². The molecule has 0 amide bonds. The van der Waals surface area contributed by atoms with E-state index < -0.39 is 0 Å². The molecule has 1 aromatic carbocycles. The summed E-state index contributed by atoms with van der Waals surface area (Å²) in [6.07, 6.45) is 2.43. The van der Waals surface area contributed by atoms with Gasteiger partial charge in [0.15, 0.2) is 0 Å². The molecule has 20 heavy (non-hydrogen) atoms. The lowest BCUT2D eigenvalue weighted by atomic mass is 10.1. The average Bonchev–Trinajstić information content (AvgIpc) is 2.35. The SMILES string of the molecule is Cc1cc(OC(C)CCCNCC(C)C)cc(C)c1Cl. The van der Waals surface area contributed by atoms with Gasteiger partial charge in [0.1, 0.15) is 5.75 Å². The molecule has 0 saturated heterocycles. The van der Waals surface area contributed by atoms with Crippen LogP contribution in [0.15, 0.2) is 12.1 Å². The molecule has 0 heterocycles. The zero-order valence-electron chi connectivity index (χ0n) is 13.4. The summed E-state index contributed by atoms with van der Waals surface area (Å²) in [5.41, 5.74) is 2.15. The van der Waals surface area contributed by atoms with Gasteiger partial charge in [0.25, 0.3) is 0 Å². The normalized spacial score (nSPS) is 12.8. The Morgan fingerprint density at radius 2 is 1.75 bits per heavy atom. The van der Waals surface area contributed by atoms with Crippen LogP contribution in [0.4, 0.5) is 0 Å². The van der Waals surface area contributed by atoms with Crippen molar-refractivity contribution in [3.05, 3.63) is 28.3 Å². The third kappa shape index (κ3) is 6.15. The summed E-state index contributed by atoms with van der Waals surface area (Å²) in [6.45, 7) is 12.8. The summed E-state index contributed by atoms with van der Waals surface area (Å²) in [5, 5.41) is 4.29. The second-order valence-corrected chi connectivity index (χ2v) is 6.42. The number of benzene rings is 1. The zero-order chi connectivity index (χ0) is 15.1. The molecule has 0 aliphatic heterocycles. The van der Waals surface area contributed by atoms with Crippen molar-refractivity contribution < 1.29 is 4.74 Å². The minimum absolute atomic E-state index is 0.232. The standard InChI is InChI=1S/C17H28ClNO/c1-12(2)11-19-8-6-7-15(5)20-16-9-13(3)17(18)14(4)10-16/h9-10,12,15,19H,6-8,11H2,1-5H3. The summed E-state index contributed by atoms with van der Waals surface area (Å²) in [4.78, 5) is 0. The highest BCUT2D eigenvalue weighted by atomic mass is 35.5. The number of rotatable bonds is 8. The Kier molecular flexibility index (Phi) is 7.39. The molecule has 0 aromatic heterocycles. The third-order valence-electron chi connectivity index (χ3n) is 3.26. The Bertz CT molecular complexity index is 394. The van der Waals surface area contributed by atoms with E-state index in [1.807, 2.05) is 26.0 Å². The molecule has 0 radical (unpaired) electrons. The fourth-order valence-electron chi connectivity index (χ4n) is 2.17. The molecule has 1 unspecified atom stereocenters. The molecule has 0 spiro atoms. The lowest BCUT2D eigenvalue weighted by Crippen LogP contribution is -2.22. The molecule has 0 saturated carbocycles. The Morgan fingerprint density at radius 1 is 1.15 bits per heavy atom. The highest BCUT2D eigenvalue weighted by molar-refractivity contribution is 6.32. The van der Waals surface area contributed by atoms with Gasteiger partial charge in [-0.1, -0.05) is 25.4 Å². The highest BCUT2D eigenvalue weighted by Gasteiger charge is 2.07. The molecule has 1 rings (SSSR count). The summed E-state index contributed by atoms with van der Waals surface area (Å²) in [5.74, 6) is 1.63. The topological polar surface area (TPSA) is 21.3 Å². The first-order chi connectivity index (χ1) is 9.40. The predicted octanol–water partition coefficient (Wildman–Crippen LogP) is 4.75. The maximum absolute atomic E-state index is 6.17. The largest absolute Gasteiger partial charge is 0.491 e. The Balaban J connectivity index is 2.33. The first-order valence-corrected chi connectivity index (χ1v) is 7.92. The summed E-state index contributed by atoms with van der Waals surface area (Å²) >= 11 is 6.17. The highest BCUT2D eigenvalue weighted by Crippen LogP contribution is 2.26. The van der Waals surface area contributed by atoms with E-state index in [9.17, 15) is 0 Å². The quantitative estimate of drug-likeness (QED) is 0.699. The van der Waals surface area contributed by atoms with E-state index >= 15 is 0 Å². The van der Waals surface area contributed by atoms with Crippen molar-refractivity contribution in [1.29, 1.82) is 0 Å².